The number of amides is 2. The van der Waals surface area contributed by atoms with Crippen molar-refractivity contribution in [3.8, 4) is 11.3 Å². The molecule has 0 fully saturated rings. The first-order chi connectivity index (χ1) is 16.9. The number of thioether (sulfide) groups is 1. The van der Waals surface area contributed by atoms with Gasteiger partial charge in [0.1, 0.15) is 0 Å². The Hall–Kier alpha value is -3.95. The molecule has 0 radical (unpaired) electrons. The number of thiazole rings is 1. The SMILES string of the molecule is Cc1ccc(-c2csc(NC(=O)CSc3ccc(NC(=O)c4ccccc4C(=O)O)cc3)n2)cc1. The fourth-order valence-corrected chi connectivity index (χ4v) is 4.63. The highest BCUT2D eigenvalue weighted by Gasteiger charge is 2.16. The minimum Gasteiger partial charge on any atom is -0.478 e. The molecular formula is C26H21N3O4S2. The van der Waals surface area contributed by atoms with E-state index in [1.807, 2.05) is 36.6 Å². The molecule has 0 atom stereocenters. The molecule has 0 saturated heterocycles. The number of carbonyl (C=O) groups is 3. The average Bonchev–Trinajstić information content (AvgIpc) is 3.32. The standard InChI is InChI=1S/C26H21N3O4S2/c1-16-6-8-17(9-7-16)22-14-35-26(28-22)29-23(30)15-34-19-12-10-18(11-13-19)27-24(31)20-4-2-3-5-21(20)25(32)33/h2-14H,15H2,1H3,(H,27,31)(H,32,33)(H,28,29,30). The van der Waals surface area contributed by atoms with Crippen LogP contribution in [0.25, 0.3) is 11.3 Å². The highest BCUT2D eigenvalue weighted by molar-refractivity contribution is 8.00. The lowest BCUT2D eigenvalue weighted by Gasteiger charge is -2.08. The Morgan fingerprint density at radius 2 is 1.60 bits per heavy atom. The minimum atomic E-state index is -1.16. The zero-order valence-corrected chi connectivity index (χ0v) is 20.3. The molecule has 0 aliphatic carbocycles. The molecule has 0 unspecified atom stereocenters. The number of aryl methyl sites for hydroxylation is 1. The largest absolute Gasteiger partial charge is 0.478 e. The van der Waals surface area contributed by atoms with Crippen LogP contribution in [-0.4, -0.2) is 33.6 Å². The topological polar surface area (TPSA) is 108 Å². The molecule has 2 amide bonds. The summed E-state index contributed by atoms with van der Waals surface area (Å²) in [5.74, 6) is -1.62. The van der Waals surface area contributed by atoms with Crippen LogP contribution >= 0.6 is 23.1 Å². The van der Waals surface area contributed by atoms with Crippen LogP contribution in [0, 0.1) is 6.92 Å². The second-order valence-corrected chi connectivity index (χ2v) is 9.48. The van der Waals surface area contributed by atoms with E-state index in [1.54, 1.807) is 36.4 Å². The van der Waals surface area contributed by atoms with Gasteiger partial charge in [-0.3, -0.25) is 9.59 Å². The highest BCUT2D eigenvalue weighted by atomic mass is 32.2. The van der Waals surface area contributed by atoms with Crippen LogP contribution < -0.4 is 10.6 Å². The highest BCUT2D eigenvalue weighted by Crippen LogP contribution is 2.26. The molecule has 0 saturated carbocycles. The summed E-state index contributed by atoms with van der Waals surface area (Å²) < 4.78 is 0. The Labute approximate surface area is 210 Å². The molecular weight excluding hydrogens is 482 g/mol. The van der Waals surface area contributed by atoms with Gasteiger partial charge in [0.25, 0.3) is 5.91 Å². The normalized spacial score (nSPS) is 10.5. The lowest BCUT2D eigenvalue weighted by molar-refractivity contribution is -0.113. The number of carboxylic acids is 1. The van der Waals surface area contributed by atoms with Crippen LogP contribution in [0.5, 0.6) is 0 Å². The number of carboxylic acid groups (broad SMARTS) is 1. The molecule has 3 aromatic carbocycles. The molecule has 35 heavy (non-hydrogen) atoms. The summed E-state index contributed by atoms with van der Waals surface area (Å²) in [6.45, 7) is 2.03. The maximum Gasteiger partial charge on any atom is 0.336 e. The first kappa shape index (κ1) is 24.2. The van der Waals surface area contributed by atoms with Crippen molar-refractivity contribution in [2.75, 3.05) is 16.4 Å². The van der Waals surface area contributed by atoms with Gasteiger partial charge in [-0.05, 0) is 43.3 Å². The first-order valence-electron chi connectivity index (χ1n) is 10.6. The Balaban J connectivity index is 1.29. The van der Waals surface area contributed by atoms with E-state index >= 15 is 0 Å². The van der Waals surface area contributed by atoms with Gasteiger partial charge < -0.3 is 15.7 Å². The molecule has 7 nitrogen and oxygen atoms in total. The fraction of sp³-hybridized carbons (Fsp3) is 0.0769. The van der Waals surface area contributed by atoms with E-state index in [9.17, 15) is 19.5 Å². The Kier molecular flexibility index (Phi) is 7.59. The monoisotopic (exact) mass is 503 g/mol. The lowest BCUT2D eigenvalue weighted by Crippen LogP contribution is -2.16. The van der Waals surface area contributed by atoms with Crippen LogP contribution in [0.4, 0.5) is 10.8 Å². The van der Waals surface area contributed by atoms with Crippen molar-refractivity contribution in [3.63, 3.8) is 0 Å². The number of carbonyl (C=O) groups excluding carboxylic acids is 2. The molecule has 1 heterocycles. The second-order valence-electron chi connectivity index (χ2n) is 7.57. The van der Waals surface area contributed by atoms with Gasteiger partial charge in [0, 0.05) is 21.5 Å². The van der Waals surface area contributed by atoms with Crippen molar-refractivity contribution in [2.24, 2.45) is 0 Å². The molecule has 9 heteroatoms. The summed E-state index contributed by atoms with van der Waals surface area (Å²) in [6.07, 6.45) is 0. The first-order valence-corrected chi connectivity index (χ1v) is 12.4. The van der Waals surface area contributed by atoms with Crippen LogP contribution in [0.1, 0.15) is 26.3 Å². The molecule has 3 N–H and O–H groups in total. The number of hydrogen-bond donors (Lipinski definition) is 3. The van der Waals surface area contributed by atoms with Crippen LogP contribution in [0.15, 0.2) is 83.1 Å². The van der Waals surface area contributed by atoms with Gasteiger partial charge in [-0.25, -0.2) is 9.78 Å². The number of anilines is 2. The quantitative estimate of drug-likeness (QED) is 0.262. The van der Waals surface area contributed by atoms with E-state index < -0.39 is 11.9 Å². The van der Waals surface area contributed by atoms with Gasteiger partial charge in [0.05, 0.1) is 22.6 Å². The summed E-state index contributed by atoms with van der Waals surface area (Å²) in [5.41, 5.74) is 3.54. The number of nitrogens with one attached hydrogen (secondary N) is 2. The number of aromatic carboxylic acids is 1. The van der Waals surface area contributed by atoms with E-state index in [2.05, 4.69) is 15.6 Å². The van der Waals surface area contributed by atoms with E-state index in [4.69, 9.17) is 0 Å². The summed E-state index contributed by atoms with van der Waals surface area (Å²) in [4.78, 5) is 41.5. The number of nitrogens with zero attached hydrogens (tertiary/aromatic N) is 1. The molecule has 0 bridgehead atoms. The average molecular weight is 504 g/mol. The van der Waals surface area contributed by atoms with E-state index in [1.165, 1.54) is 40.8 Å². The van der Waals surface area contributed by atoms with Gasteiger partial charge >= 0.3 is 5.97 Å². The van der Waals surface area contributed by atoms with Gasteiger partial charge in [0.15, 0.2) is 5.13 Å². The third-order valence-corrected chi connectivity index (χ3v) is 6.75. The maximum absolute atomic E-state index is 12.5. The third kappa shape index (κ3) is 6.34. The summed E-state index contributed by atoms with van der Waals surface area (Å²) in [5, 5.41) is 17.2. The predicted octanol–water partition coefficient (Wildman–Crippen LogP) is 5.80. The minimum absolute atomic E-state index is 0.0607. The van der Waals surface area contributed by atoms with Crippen molar-refractivity contribution in [1.82, 2.24) is 4.98 Å². The zero-order valence-electron chi connectivity index (χ0n) is 18.6. The molecule has 0 spiro atoms. The molecule has 0 aliphatic rings. The van der Waals surface area contributed by atoms with Crippen LogP contribution in [-0.2, 0) is 4.79 Å². The van der Waals surface area contributed by atoms with E-state index in [0.717, 1.165) is 16.2 Å². The van der Waals surface area contributed by atoms with Crippen LogP contribution in [0.3, 0.4) is 0 Å². The van der Waals surface area contributed by atoms with Crippen molar-refractivity contribution in [1.29, 1.82) is 0 Å². The number of benzene rings is 3. The van der Waals surface area contributed by atoms with Gasteiger partial charge in [0.2, 0.25) is 5.91 Å². The molecule has 4 rings (SSSR count). The van der Waals surface area contributed by atoms with E-state index in [-0.39, 0.29) is 22.8 Å². The number of hydrogen-bond acceptors (Lipinski definition) is 6. The molecule has 4 aromatic rings. The van der Waals surface area contributed by atoms with Crippen molar-refractivity contribution in [2.45, 2.75) is 11.8 Å². The molecule has 176 valence electrons. The van der Waals surface area contributed by atoms with Gasteiger partial charge in [-0.15, -0.1) is 23.1 Å². The second kappa shape index (κ2) is 11.0. The molecule has 0 aliphatic heterocycles. The fourth-order valence-electron chi connectivity index (χ4n) is 3.19. The zero-order chi connectivity index (χ0) is 24.8. The lowest BCUT2D eigenvalue weighted by atomic mass is 10.1. The summed E-state index contributed by atoms with van der Waals surface area (Å²) in [7, 11) is 0. The van der Waals surface area contributed by atoms with Crippen molar-refractivity contribution < 1.29 is 19.5 Å². The Bertz CT molecular complexity index is 1370. The Morgan fingerprint density at radius 3 is 2.29 bits per heavy atom. The van der Waals surface area contributed by atoms with Crippen LogP contribution in [0.2, 0.25) is 0 Å². The summed E-state index contributed by atoms with van der Waals surface area (Å²) >= 11 is 2.74. The molecule has 1 aromatic heterocycles. The third-order valence-electron chi connectivity index (χ3n) is 4.98. The number of aromatic nitrogens is 1. The Morgan fingerprint density at radius 1 is 0.914 bits per heavy atom. The van der Waals surface area contributed by atoms with Crippen molar-refractivity contribution >= 4 is 51.7 Å². The summed E-state index contributed by atoms with van der Waals surface area (Å²) in [6, 6.07) is 21.1. The number of rotatable bonds is 8. The van der Waals surface area contributed by atoms with Crippen molar-refractivity contribution in [3.05, 3.63) is 94.9 Å². The van der Waals surface area contributed by atoms with Gasteiger partial charge in [-0.2, -0.15) is 0 Å². The maximum atomic E-state index is 12.5. The smallest absolute Gasteiger partial charge is 0.336 e. The van der Waals surface area contributed by atoms with Gasteiger partial charge in [-0.1, -0.05) is 42.0 Å². The predicted molar refractivity (Wildman–Crippen MR) is 139 cm³/mol. The van der Waals surface area contributed by atoms with E-state index in [0.29, 0.717) is 10.8 Å².